The highest BCUT2D eigenvalue weighted by atomic mass is 32.1. The molecule has 1 amide bonds. The predicted molar refractivity (Wildman–Crippen MR) is 106 cm³/mol. The van der Waals surface area contributed by atoms with E-state index in [2.05, 4.69) is 10.4 Å². The second-order valence-electron chi connectivity index (χ2n) is 6.14. The Balaban J connectivity index is 1.82. The first-order valence-electron chi connectivity index (χ1n) is 8.54. The third-order valence-electron chi connectivity index (χ3n) is 4.36. The topological polar surface area (TPSA) is 59.8 Å². The summed E-state index contributed by atoms with van der Waals surface area (Å²) in [7, 11) is 0. The molecular formula is C20H17FN4OS. The molecule has 0 radical (unpaired) electrons. The summed E-state index contributed by atoms with van der Waals surface area (Å²) in [6, 6.07) is 9.99. The molecule has 4 aromatic rings. The highest BCUT2D eigenvalue weighted by molar-refractivity contribution is 7.13. The summed E-state index contributed by atoms with van der Waals surface area (Å²) in [4.78, 5) is 18.7. The Morgan fingerprint density at radius 2 is 2.15 bits per heavy atom. The lowest BCUT2D eigenvalue weighted by atomic mass is 10.1. The fourth-order valence-electron chi connectivity index (χ4n) is 2.97. The lowest BCUT2D eigenvalue weighted by Crippen LogP contribution is -2.14. The van der Waals surface area contributed by atoms with Gasteiger partial charge >= 0.3 is 0 Å². The van der Waals surface area contributed by atoms with Crippen LogP contribution >= 0.6 is 11.3 Å². The van der Waals surface area contributed by atoms with Crippen LogP contribution in [0.15, 0.2) is 48.0 Å². The molecule has 5 nitrogen and oxygen atoms in total. The van der Waals surface area contributed by atoms with Gasteiger partial charge in [-0.05, 0) is 55.1 Å². The first kappa shape index (κ1) is 17.4. The van der Waals surface area contributed by atoms with E-state index < -0.39 is 0 Å². The SMILES string of the molecule is CCn1ncc2c(C(=O)Nc3ccc(F)cc3C)cc(-c3cccs3)nc21. The molecule has 3 heterocycles. The third kappa shape index (κ3) is 3.21. The molecule has 27 heavy (non-hydrogen) atoms. The Kier molecular flexibility index (Phi) is 4.45. The number of aromatic nitrogens is 3. The minimum atomic E-state index is -0.332. The van der Waals surface area contributed by atoms with Crippen molar-refractivity contribution in [1.29, 1.82) is 0 Å². The van der Waals surface area contributed by atoms with Gasteiger partial charge in [0.25, 0.3) is 5.91 Å². The normalized spacial score (nSPS) is 11.1. The summed E-state index contributed by atoms with van der Waals surface area (Å²) in [6.45, 7) is 4.39. The zero-order valence-corrected chi connectivity index (χ0v) is 15.7. The molecule has 0 aliphatic rings. The number of hydrogen-bond donors (Lipinski definition) is 1. The molecule has 1 N–H and O–H groups in total. The van der Waals surface area contributed by atoms with E-state index in [1.807, 2.05) is 24.4 Å². The van der Waals surface area contributed by atoms with Gasteiger partial charge in [-0.15, -0.1) is 11.3 Å². The summed E-state index contributed by atoms with van der Waals surface area (Å²) in [5.74, 6) is -0.605. The number of nitrogens with one attached hydrogen (secondary N) is 1. The van der Waals surface area contributed by atoms with Gasteiger partial charge in [0.1, 0.15) is 5.82 Å². The second-order valence-corrected chi connectivity index (χ2v) is 7.09. The lowest BCUT2D eigenvalue weighted by Gasteiger charge is -2.10. The number of nitrogens with zero attached hydrogens (tertiary/aromatic N) is 3. The predicted octanol–water partition coefficient (Wildman–Crippen LogP) is 4.88. The maximum absolute atomic E-state index is 13.3. The Bertz CT molecular complexity index is 1130. The van der Waals surface area contributed by atoms with Gasteiger partial charge < -0.3 is 5.32 Å². The van der Waals surface area contributed by atoms with Gasteiger partial charge in [-0.1, -0.05) is 6.07 Å². The summed E-state index contributed by atoms with van der Waals surface area (Å²) in [5, 5.41) is 9.88. The molecule has 136 valence electrons. The Labute approximate surface area is 159 Å². The van der Waals surface area contributed by atoms with Crippen LogP contribution in [-0.2, 0) is 6.54 Å². The fourth-order valence-corrected chi connectivity index (χ4v) is 3.66. The molecule has 0 aliphatic carbocycles. The first-order valence-corrected chi connectivity index (χ1v) is 9.42. The molecule has 0 aliphatic heterocycles. The van der Waals surface area contributed by atoms with E-state index in [0.717, 1.165) is 10.6 Å². The van der Waals surface area contributed by atoms with E-state index in [0.29, 0.717) is 34.4 Å². The van der Waals surface area contributed by atoms with Gasteiger partial charge in [-0.25, -0.2) is 14.1 Å². The van der Waals surface area contributed by atoms with Crippen molar-refractivity contribution in [2.45, 2.75) is 20.4 Å². The van der Waals surface area contributed by atoms with Crippen LogP contribution in [0.5, 0.6) is 0 Å². The molecule has 0 saturated heterocycles. The van der Waals surface area contributed by atoms with Crippen molar-refractivity contribution in [3.63, 3.8) is 0 Å². The zero-order valence-electron chi connectivity index (χ0n) is 14.9. The first-order chi connectivity index (χ1) is 13.1. The van der Waals surface area contributed by atoms with E-state index in [-0.39, 0.29) is 11.7 Å². The van der Waals surface area contributed by atoms with Crippen molar-refractivity contribution < 1.29 is 9.18 Å². The molecule has 0 spiro atoms. The number of anilines is 1. The molecule has 7 heteroatoms. The lowest BCUT2D eigenvalue weighted by molar-refractivity contribution is 0.102. The summed E-state index contributed by atoms with van der Waals surface area (Å²) >= 11 is 1.56. The van der Waals surface area contributed by atoms with Crippen molar-refractivity contribution in [2.75, 3.05) is 5.32 Å². The highest BCUT2D eigenvalue weighted by Gasteiger charge is 2.18. The average molecular weight is 380 g/mol. The number of amides is 1. The number of rotatable bonds is 4. The summed E-state index contributed by atoms with van der Waals surface area (Å²) < 4.78 is 15.1. The number of carbonyl (C=O) groups is 1. The highest BCUT2D eigenvalue weighted by Crippen LogP contribution is 2.28. The van der Waals surface area contributed by atoms with Gasteiger partial charge in [-0.2, -0.15) is 5.10 Å². The van der Waals surface area contributed by atoms with Crippen molar-refractivity contribution in [3.8, 4) is 10.6 Å². The quantitative estimate of drug-likeness (QED) is 0.549. The number of carbonyl (C=O) groups excluding carboxylic acids is 1. The van der Waals surface area contributed by atoms with Crippen molar-refractivity contribution >= 4 is 34.0 Å². The molecule has 0 saturated carbocycles. The zero-order chi connectivity index (χ0) is 19.0. The van der Waals surface area contributed by atoms with Crippen LogP contribution in [0.25, 0.3) is 21.6 Å². The van der Waals surface area contributed by atoms with Gasteiger partial charge in [0.15, 0.2) is 5.65 Å². The van der Waals surface area contributed by atoms with Crippen LogP contribution in [0.4, 0.5) is 10.1 Å². The number of thiophene rings is 1. The maximum Gasteiger partial charge on any atom is 0.256 e. The fraction of sp³-hybridized carbons (Fsp3) is 0.150. The largest absolute Gasteiger partial charge is 0.322 e. The smallest absolute Gasteiger partial charge is 0.256 e. The van der Waals surface area contributed by atoms with E-state index in [9.17, 15) is 9.18 Å². The average Bonchev–Trinajstić information content (AvgIpc) is 3.32. The van der Waals surface area contributed by atoms with Crippen LogP contribution in [0, 0.1) is 12.7 Å². The van der Waals surface area contributed by atoms with Gasteiger partial charge in [0.2, 0.25) is 0 Å². The number of benzene rings is 1. The molecule has 1 aromatic carbocycles. The Morgan fingerprint density at radius 3 is 2.85 bits per heavy atom. The summed E-state index contributed by atoms with van der Waals surface area (Å²) in [6.07, 6.45) is 1.66. The van der Waals surface area contributed by atoms with Gasteiger partial charge in [0, 0.05) is 12.2 Å². The van der Waals surface area contributed by atoms with E-state index in [1.165, 1.54) is 12.1 Å². The van der Waals surface area contributed by atoms with E-state index >= 15 is 0 Å². The van der Waals surface area contributed by atoms with Crippen molar-refractivity contribution in [2.24, 2.45) is 0 Å². The number of hydrogen-bond acceptors (Lipinski definition) is 4. The molecular weight excluding hydrogens is 363 g/mol. The molecule has 0 atom stereocenters. The van der Waals surface area contributed by atoms with E-state index in [4.69, 9.17) is 4.98 Å². The third-order valence-corrected chi connectivity index (χ3v) is 5.26. The minimum Gasteiger partial charge on any atom is -0.322 e. The summed E-state index contributed by atoms with van der Waals surface area (Å²) in [5.41, 5.74) is 3.13. The van der Waals surface area contributed by atoms with Crippen LogP contribution in [-0.4, -0.2) is 20.7 Å². The Hall–Kier alpha value is -3.06. The van der Waals surface area contributed by atoms with Crippen LogP contribution in [0.2, 0.25) is 0 Å². The van der Waals surface area contributed by atoms with Crippen molar-refractivity contribution in [3.05, 3.63) is 64.9 Å². The molecule has 4 rings (SSSR count). The standard InChI is InChI=1S/C20H17FN4OS/c1-3-25-19-15(11-22-25)14(10-17(23-19)18-5-4-8-27-18)20(26)24-16-7-6-13(21)9-12(16)2/h4-11H,3H2,1-2H3,(H,24,26). The van der Waals surface area contributed by atoms with Crippen LogP contribution < -0.4 is 5.32 Å². The maximum atomic E-state index is 13.3. The van der Waals surface area contributed by atoms with Crippen LogP contribution in [0.1, 0.15) is 22.8 Å². The molecule has 0 fully saturated rings. The van der Waals surface area contributed by atoms with Crippen LogP contribution in [0.3, 0.4) is 0 Å². The number of fused-ring (bicyclic) bond motifs is 1. The molecule has 0 bridgehead atoms. The number of aryl methyl sites for hydroxylation is 2. The van der Waals surface area contributed by atoms with Gasteiger partial charge in [-0.3, -0.25) is 4.79 Å². The second kappa shape index (κ2) is 6.92. The van der Waals surface area contributed by atoms with E-state index in [1.54, 1.807) is 41.3 Å². The minimum absolute atomic E-state index is 0.273. The Morgan fingerprint density at radius 1 is 1.30 bits per heavy atom. The monoisotopic (exact) mass is 380 g/mol. The number of halogens is 1. The molecule has 3 aromatic heterocycles. The van der Waals surface area contributed by atoms with Crippen molar-refractivity contribution in [1.82, 2.24) is 14.8 Å². The molecule has 0 unspecified atom stereocenters. The van der Waals surface area contributed by atoms with Gasteiger partial charge in [0.05, 0.1) is 27.7 Å². The number of pyridine rings is 1.